The molecule has 2 aromatic carbocycles. The van der Waals surface area contributed by atoms with Gasteiger partial charge in [0.25, 0.3) is 5.69 Å². The van der Waals surface area contributed by atoms with Crippen LogP contribution in [0.4, 0.5) is 17.2 Å². The van der Waals surface area contributed by atoms with E-state index in [1.807, 2.05) is 18.2 Å². The first kappa shape index (κ1) is 19.3. The fraction of sp³-hybridized carbons (Fsp3) is 0.333. The summed E-state index contributed by atoms with van der Waals surface area (Å²) in [5.74, 6) is 1.98. The van der Waals surface area contributed by atoms with Crippen LogP contribution in [0.1, 0.15) is 12.0 Å². The molecule has 31 heavy (non-hydrogen) atoms. The molecule has 1 fully saturated rings. The first-order chi connectivity index (χ1) is 15.2. The second kappa shape index (κ2) is 8.23. The molecule has 0 aliphatic carbocycles. The van der Waals surface area contributed by atoms with Gasteiger partial charge in [0, 0.05) is 37.6 Å². The normalized spacial score (nSPS) is 15.7. The summed E-state index contributed by atoms with van der Waals surface area (Å²) in [6, 6.07) is 9.09. The highest BCUT2D eigenvalue weighted by Crippen LogP contribution is 2.35. The Morgan fingerprint density at radius 1 is 1.13 bits per heavy atom. The van der Waals surface area contributed by atoms with Gasteiger partial charge in [-0.25, -0.2) is 9.97 Å². The van der Waals surface area contributed by atoms with Crippen LogP contribution >= 0.6 is 0 Å². The lowest BCUT2D eigenvalue weighted by Crippen LogP contribution is -2.28. The van der Waals surface area contributed by atoms with E-state index in [2.05, 4.69) is 25.5 Å². The smallest absolute Gasteiger partial charge is 0.293 e. The van der Waals surface area contributed by atoms with Gasteiger partial charge in [-0.3, -0.25) is 10.1 Å². The molecule has 5 rings (SSSR count). The first-order valence-corrected chi connectivity index (χ1v) is 10.2. The number of hydrogen-bond donors (Lipinski definition) is 2. The van der Waals surface area contributed by atoms with Gasteiger partial charge in [-0.2, -0.15) is 0 Å². The Balaban J connectivity index is 1.46. The van der Waals surface area contributed by atoms with E-state index in [1.54, 1.807) is 12.1 Å². The van der Waals surface area contributed by atoms with Crippen molar-refractivity contribution in [3.05, 3.63) is 52.3 Å². The van der Waals surface area contributed by atoms with Crippen molar-refractivity contribution < 1.29 is 14.4 Å². The molecule has 1 saturated heterocycles. The number of nitro groups is 1. The Hall–Kier alpha value is -3.66. The number of aromatic nitrogens is 2. The molecule has 160 valence electrons. The summed E-state index contributed by atoms with van der Waals surface area (Å²) < 4.78 is 10.8. The summed E-state index contributed by atoms with van der Waals surface area (Å²) in [6.07, 6.45) is 2.41. The fourth-order valence-electron chi connectivity index (χ4n) is 3.94. The molecule has 1 aromatic heterocycles. The third-order valence-electron chi connectivity index (χ3n) is 5.51. The van der Waals surface area contributed by atoms with Gasteiger partial charge in [0.1, 0.15) is 17.8 Å². The minimum Gasteiger partial charge on any atom is -0.454 e. The lowest BCUT2D eigenvalue weighted by Gasteiger charge is -2.22. The molecule has 3 heterocycles. The average molecular weight is 422 g/mol. The van der Waals surface area contributed by atoms with Gasteiger partial charge in [-0.15, -0.1) is 0 Å². The summed E-state index contributed by atoms with van der Waals surface area (Å²) in [4.78, 5) is 22.3. The summed E-state index contributed by atoms with van der Waals surface area (Å²) in [6.45, 7) is 3.89. The molecule has 2 N–H and O–H groups in total. The van der Waals surface area contributed by atoms with Gasteiger partial charge in [0.15, 0.2) is 11.5 Å². The highest BCUT2D eigenvalue weighted by Gasteiger charge is 2.23. The minimum absolute atomic E-state index is 0.0651. The minimum atomic E-state index is -0.332. The van der Waals surface area contributed by atoms with Crippen molar-refractivity contribution in [2.75, 3.05) is 43.2 Å². The van der Waals surface area contributed by atoms with E-state index in [0.717, 1.165) is 37.4 Å². The van der Waals surface area contributed by atoms with Crippen molar-refractivity contribution in [1.29, 1.82) is 0 Å². The van der Waals surface area contributed by atoms with Gasteiger partial charge < -0.3 is 25.0 Å². The topological polar surface area (TPSA) is 115 Å². The third kappa shape index (κ3) is 3.89. The summed E-state index contributed by atoms with van der Waals surface area (Å²) in [5.41, 5.74) is 2.32. The van der Waals surface area contributed by atoms with E-state index < -0.39 is 0 Å². The van der Waals surface area contributed by atoms with Crippen LogP contribution in [-0.2, 0) is 6.54 Å². The highest BCUT2D eigenvalue weighted by atomic mass is 16.7. The van der Waals surface area contributed by atoms with Gasteiger partial charge >= 0.3 is 0 Å². The molecule has 10 nitrogen and oxygen atoms in total. The summed E-state index contributed by atoms with van der Waals surface area (Å²) >= 11 is 0. The van der Waals surface area contributed by atoms with E-state index >= 15 is 0 Å². The van der Waals surface area contributed by atoms with E-state index in [0.29, 0.717) is 41.2 Å². The highest BCUT2D eigenvalue weighted by molar-refractivity contribution is 5.94. The van der Waals surface area contributed by atoms with Crippen LogP contribution in [0.3, 0.4) is 0 Å². The molecule has 0 spiro atoms. The maximum absolute atomic E-state index is 11.9. The van der Waals surface area contributed by atoms with Crippen molar-refractivity contribution >= 4 is 28.1 Å². The Labute approximate surface area is 178 Å². The number of ether oxygens (including phenoxy) is 2. The molecular formula is C21H22N6O4. The van der Waals surface area contributed by atoms with Gasteiger partial charge in [0.2, 0.25) is 6.79 Å². The van der Waals surface area contributed by atoms with Crippen molar-refractivity contribution in [2.45, 2.75) is 13.0 Å². The molecule has 2 aliphatic rings. The molecule has 0 saturated carbocycles. The second-order valence-electron chi connectivity index (χ2n) is 7.47. The van der Waals surface area contributed by atoms with Crippen LogP contribution < -0.4 is 25.0 Å². The number of rotatable bonds is 5. The number of anilines is 2. The van der Waals surface area contributed by atoms with Crippen molar-refractivity contribution in [3.63, 3.8) is 0 Å². The molecule has 0 bridgehead atoms. The Kier molecular flexibility index (Phi) is 5.13. The van der Waals surface area contributed by atoms with Crippen molar-refractivity contribution in [2.24, 2.45) is 0 Å². The van der Waals surface area contributed by atoms with Gasteiger partial charge in [-0.05, 0) is 36.7 Å². The van der Waals surface area contributed by atoms with Gasteiger partial charge in [-0.1, -0.05) is 6.07 Å². The van der Waals surface area contributed by atoms with Crippen molar-refractivity contribution in [3.8, 4) is 11.5 Å². The molecule has 0 atom stereocenters. The van der Waals surface area contributed by atoms with Crippen LogP contribution in [0, 0.1) is 10.1 Å². The number of benzene rings is 2. The van der Waals surface area contributed by atoms with Gasteiger partial charge in [0.05, 0.1) is 10.4 Å². The predicted octanol–water partition coefficient (Wildman–Crippen LogP) is 2.68. The van der Waals surface area contributed by atoms with E-state index in [9.17, 15) is 10.1 Å². The number of hydrogen-bond acceptors (Lipinski definition) is 9. The average Bonchev–Trinajstić information content (AvgIpc) is 3.08. The lowest BCUT2D eigenvalue weighted by atomic mass is 10.1. The number of nitro benzene ring substituents is 1. The Morgan fingerprint density at radius 2 is 2.03 bits per heavy atom. The fourth-order valence-corrected chi connectivity index (χ4v) is 3.94. The summed E-state index contributed by atoms with van der Waals surface area (Å²) in [7, 11) is 0. The van der Waals surface area contributed by atoms with E-state index in [4.69, 9.17) is 9.47 Å². The quantitative estimate of drug-likeness (QED) is 0.473. The van der Waals surface area contributed by atoms with E-state index in [-0.39, 0.29) is 17.4 Å². The third-order valence-corrected chi connectivity index (χ3v) is 5.51. The molecule has 3 aromatic rings. The zero-order valence-corrected chi connectivity index (χ0v) is 16.8. The molecule has 0 unspecified atom stereocenters. The predicted molar refractivity (Wildman–Crippen MR) is 116 cm³/mol. The molecular weight excluding hydrogens is 400 g/mol. The molecule has 2 aliphatic heterocycles. The first-order valence-electron chi connectivity index (χ1n) is 10.2. The maximum Gasteiger partial charge on any atom is 0.293 e. The largest absolute Gasteiger partial charge is 0.454 e. The van der Waals surface area contributed by atoms with Crippen molar-refractivity contribution in [1.82, 2.24) is 15.3 Å². The van der Waals surface area contributed by atoms with Crippen LogP contribution in [0.25, 0.3) is 10.9 Å². The maximum atomic E-state index is 11.9. The zero-order chi connectivity index (χ0) is 21.2. The number of nitrogens with zero attached hydrogens (tertiary/aromatic N) is 4. The molecule has 0 radical (unpaired) electrons. The summed E-state index contributed by atoms with van der Waals surface area (Å²) in [5, 5.41) is 19.1. The SMILES string of the molecule is O=[N+]([O-])c1cc2c(NCc3ccc4c(c3)OCO4)ncnc2cc1N1CCCNCC1. The molecule has 0 amide bonds. The van der Waals surface area contributed by atoms with E-state index in [1.165, 1.54) is 6.33 Å². The Bertz CT molecular complexity index is 1130. The molecule has 10 heteroatoms. The zero-order valence-electron chi connectivity index (χ0n) is 16.8. The van der Waals surface area contributed by atoms with Crippen LogP contribution in [0.5, 0.6) is 11.5 Å². The Morgan fingerprint density at radius 3 is 2.94 bits per heavy atom. The number of fused-ring (bicyclic) bond motifs is 2. The standard InChI is InChI=1S/C21H22N6O4/c28-27(29)18-9-15-16(10-17(18)26-6-1-4-22-5-7-26)24-12-25-21(15)23-11-14-2-3-19-20(8-14)31-13-30-19/h2-3,8-10,12,22H,1,4-7,11,13H2,(H,23,24,25). The number of nitrogens with one attached hydrogen (secondary N) is 2. The monoisotopic (exact) mass is 422 g/mol. The van der Waals surface area contributed by atoms with Crippen LogP contribution in [0.15, 0.2) is 36.7 Å². The van der Waals surface area contributed by atoms with Crippen LogP contribution in [0.2, 0.25) is 0 Å². The second-order valence-corrected chi connectivity index (χ2v) is 7.47. The van der Waals surface area contributed by atoms with Crippen LogP contribution in [-0.4, -0.2) is 47.9 Å². The lowest BCUT2D eigenvalue weighted by molar-refractivity contribution is -0.384.